The van der Waals surface area contributed by atoms with Crippen LogP contribution in [0, 0.1) is 5.82 Å². The lowest BCUT2D eigenvalue weighted by Gasteiger charge is -2.05. The van der Waals surface area contributed by atoms with E-state index in [1.807, 2.05) is 0 Å². The summed E-state index contributed by atoms with van der Waals surface area (Å²) < 4.78 is 13.6. The van der Waals surface area contributed by atoms with Gasteiger partial charge in [-0.05, 0) is 35.0 Å². The Morgan fingerprint density at radius 2 is 2.23 bits per heavy atom. The average Bonchev–Trinajstić information content (AvgIpc) is 2.08. The Morgan fingerprint density at radius 1 is 1.62 bits per heavy atom. The maximum absolute atomic E-state index is 13.3. The van der Waals surface area contributed by atoms with E-state index in [1.54, 1.807) is 6.07 Å². The van der Waals surface area contributed by atoms with E-state index in [1.165, 1.54) is 19.1 Å². The number of benzene rings is 1. The van der Waals surface area contributed by atoms with E-state index in [0.717, 1.165) is 0 Å². The first kappa shape index (κ1) is 10.3. The smallest absolute Gasteiger partial charge is 0.182 e. The number of carbonyl (C=O) groups excluding carboxylic acids is 1. The van der Waals surface area contributed by atoms with Gasteiger partial charge >= 0.3 is 0 Å². The van der Waals surface area contributed by atoms with Crippen LogP contribution in [0.25, 0.3) is 0 Å². The number of Topliss-reactive ketones (excluding diaryl/α,β-unsaturated/α-hetero) is 1. The maximum atomic E-state index is 13.3. The van der Waals surface area contributed by atoms with Crippen molar-refractivity contribution in [1.29, 1.82) is 0 Å². The van der Waals surface area contributed by atoms with E-state index in [2.05, 4.69) is 15.9 Å². The Kier molecular flexibility index (Phi) is 3.17. The van der Waals surface area contributed by atoms with Crippen molar-refractivity contribution >= 4 is 21.7 Å². The highest BCUT2D eigenvalue weighted by atomic mass is 79.9. The molecule has 0 fully saturated rings. The average molecular weight is 246 g/mol. The van der Waals surface area contributed by atoms with Crippen LogP contribution in [0.15, 0.2) is 22.7 Å². The molecule has 0 bridgehead atoms. The molecule has 1 atom stereocenters. The topological polar surface area (TPSA) is 43.1 Å². The molecule has 0 amide bonds. The highest BCUT2D eigenvalue weighted by Gasteiger charge is 2.16. The van der Waals surface area contributed by atoms with Crippen molar-refractivity contribution < 1.29 is 9.18 Å². The highest BCUT2D eigenvalue weighted by molar-refractivity contribution is 9.10. The lowest BCUT2D eigenvalue weighted by molar-refractivity contribution is 0.0964. The Labute approximate surface area is 84.1 Å². The molecular weight excluding hydrogens is 237 g/mol. The third-order valence-electron chi connectivity index (χ3n) is 1.63. The second kappa shape index (κ2) is 3.98. The number of ketones is 1. The monoisotopic (exact) mass is 245 g/mol. The summed E-state index contributed by atoms with van der Waals surface area (Å²) in [5.41, 5.74) is 5.39. The van der Waals surface area contributed by atoms with Crippen molar-refractivity contribution in [2.75, 3.05) is 0 Å². The predicted molar refractivity (Wildman–Crippen MR) is 52.1 cm³/mol. The van der Waals surface area contributed by atoms with E-state index < -0.39 is 11.9 Å². The quantitative estimate of drug-likeness (QED) is 0.812. The first-order valence-corrected chi connectivity index (χ1v) is 4.57. The number of hydrogen-bond donors (Lipinski definition) is 1. The lowest BCUT2D eigenvalue weighted by atomic mass is 10.1. The summed E-state index contributed by atoms with van der Waals surface area (Å²) in [5.74, 6) is -0.941. The minimum Gasteiger partial charge on any atom is -0.321 e. The molecule has 1 aromatic rings. The van der Waals surface area contributed by atoms with Crippen molar-refractivity contribution in [2.45, 2.75) is 13.0 Å². The van der Waals surface area contributed by atoms with Gasteiger partial charge in [0.15, 0.2) is 5.78 Å². The van der Waals surface area contributed by atoms with Gasteiger partial charge in [-0.1, -0.05) is 6.07 Å². The molecule has 2 N–H and O–H groups in total. The van der Waals surface area contributed by atoms with Gasteiger partial charge in [0.1, 0.15) is 5.82 Å². The van der Waals surface area contributed by atoms with Crippen molar-refractivity contribution in [3.63, 3.8) is 0 Å². The second-order valence-electron chi connectivity index (χ2n) is 2.75. The zero-order valence-electron chi connectivity index (χ0n) is 7.05. The van der Waals surface area contributed by atoms with Gasteiger partial charge in [0.2, 0.25) is 0 Å². The zero-order valence-corrected chi connectivity index (χ0v) is 8.64. The fraction of sp³-hybridized carbons (Fsp3) is 0.222. The van der Waals surface area contributed by atoms with Crippen LogP contribution in [0.1, 0.15) is 17.3 Å². The molecule has 1 aromatic carbocycles. The van der Waals surface area contributed by atoms with E-state index in [-0.39, 0.29) is 15.8 Å². The molecule has 13 heavy (non-hydrogen) atoms. The van der Waals surface area contributed by atoms with Gasteiger partial charge in [0, 0.05) is 0 Å². The Bertz CT molecular complexity index is 338. The minimum atomic E-state index is -0.677. The van der Waals surface area contributed by atoms with Crippen LogP contribution in [0.5, 0.6) is 0 Å². The van der Waals surface area contributed by atoms with Crippen LogP contribution in [-0.4, -0.2) is 11.8 Å². The molecule has 70 valence electrons. The molecule has 4 heteroatoms. The summed E-state index contributed by atoms with van der Waals surface area (Å²) in [6.07, 6.45) is 0. The Balaban J connectivity index is 3.15. The van der Waals surface area contributed by atoms with Crippen molar-refractivity contribution in [3.8, 4) is 0 Å². The summed E-state index contributed by atoms with van der Waals surface area (Å²) in [7, 11) is 0. The molecule has 0 aliphatic heterocycles. The van der Waals surface area contributed by atoms with Crippen LogP contribution in [0.2, 0.25) is 0 Å². The fourth-order valence-corrected chi connectivity index (χ4v) is 1.31. The maximum Gasteiger partial charge on any atom is 0.182 e. The van der Waals surface area contributed by atoms with E-state index in [0.29, 0.717) is 0 Å². The summed E-state index contributed by atoms with van der Waals surface area (Å²) in [6, 6.07) is 3.88. The standard InChI is InChI=1S/C9H9BrFNO/c1-5(12)9(13)6-3-2-4-7(10)8(6)11/h2-5H,12H2,1H3. The lowest BCUT2D eigenvalue weighted by Crippen LogP contribution is -2.27. The van der Waals surface area contributed by atoms with Gasteiger partial charge in [-0.15, -0.1) is 0 Å². The SMILES string of the molecule is CC(N)C(=O)c1cccc(Br)c1F. The van der Waals surface area contributed by atoms with Crippen LogP contribution < -0.4 is 5.73 Å². The van der Waals surface area contributed by atoms with Gasteiger partial charge in [-0.2, -0.15) is 0 Å². The molecule has 1 rings (SSSR count). The largest absolute Gasteiger partial charge is 0.321 e. The van der Waals surface area contributed by atoms with E-state index in [4.69, 9.17) is 5.73 Å². The third kappa shape index (κ3) is 2.14. The fourth-order valence-electron chi connectivity index (χ4n) is 0.939. The molecular formula is C9H9BrFNO. The molecule has 0 radical (unpaired) electrons. The Hall–Kier alpha value is -0.740. The molecule has 0 saturated heterocycles. The molecule has 0 aliphatic rings. The molecule has 0 spiro atoms. The Morgan fingerprint density at radius 3 is 2.77 bits per heavy atom. The van der Waals surface area contributed by atoms with Gasteiger partial charge in [-0.3, -0.25) is 4.79 Å². The molecule has 1 unspecified atom stereocenters. The normalized spacial score (nSPS) is 12.6. The number of nitrogens with two attached hydrogens (primary N) is 1. The van der Waals surface area contributed by atoms with Crippen LogP contribution in [0.3, 0.4) is 0 Å². The third-order valence-corrected chi connectivity index (χ3v) is 2.24. The number of halogens is 2. The summed E-state index contributed by atoms with van der Waals surface area (Å²) in [5, 5.41) is 0. The van der Waals surface area contributed by atoms with Gasteiger partial charge < -0.3 is 5.73 Å². The molecule has 2 nitrogen and oxygen atoms in total. The zero-order chi connectivity index (χ0) is 10.0. The summed E-state index contributed by atoms with van der Waals surface area (Å²) in [6.45, 7) is 1.53. The van der Waals surface area contributed by atoms with Crippen molar-refractivity contribution in [1.82, 2.24) is 0 Å². The predicted octanol–water partition coefficient (Wildman–Crippen LogP) is 2.12. The van der Waals surface area contributed by atoms with Crippen molar-refractivity contribution in [2.24, 2.45) is 5.73 Å². The molecule has 0 heterocycles. The van der Waals surface area contributed by atoms with Crippen LogP contribution in [0.4, 0.5) is 4.39 Å². The van der Waals surface area contributed by atoms with Gasteiger partial charge in [-0.25, -0.2) is 4.39 Å². The number of rotatable bonds is 2. The molecule has 0 aliphatic carbocycles. The van der Waals surface area contributed by atoms with Gasteiger partial charge in [0.05, 0.1) is 16.1 Å². The van der Waals surface area contributed by atoms with Crippen LogP contribution >= 0.6 is 15.9 Å². The first-order chi connectivity index (χ1) is 6.04. The number of carbonyl (C=O) groups is 1. The van der Waals surface area contributed by atoms with Crippen LogP contribution in [-0.2, 0) is 0 Å². The highest BCUT2D eigenvalue weighted by Crippen LogP contribution is 2.19. The first-order valence-electron chi connectivity index (χ1n) is 3.78. The second-order valence-corrected chi connectivity index (χ2v) is 3.61. The summed E-state index contributed by atoms with van der Waals surface area (Å²) >= 11 is 3.00. The minimum absolute atomic E-state index is 0.0318. The van der Waals surface area contributed by atoms with Crippen molar-refractivity contribution in [3.05, 3.63) is 34.1 Å². The van der Waals surface area contributed by atoms with E-state index in [9.17, 15) is 9.18 Å². The molecule has 0 aromatic heterocycles. The van der Waals surface area contributed by atoms with E-state index >= 15 is 0 Å². The molecule has 0 saturated carbocycles. The summed E-state index contributed by atoms with van der Waals surface area (Å²) in [4.78, 5) is 11.3. The number of hydrogen-bond acceptors (Lipinski definition) is 2. The van der Waals surface area contributed by atoms with Gasteiger partial charge in [0.25, 0.3) is 0 Å².